The summed E-state index contributed by atoms with van der Waals surface area (Å²) in [5, 5.41) is 14.1. The van der Waals surface area contributed by atoms with Crippen LogP contribution in [0.4, 0.5) is 14.5 Å². The van der Waals surface area contributed by atoms with Gasteiger partial charge >= 0.3 is 0 Å². The molecule has 1 aromatic carbocycles. The predicted molar refractivity (Wildman–Crippen MR) is 81.3 cm³/mol. The van der Waals surface area contributed by atoms with Crippen LogP contribution in [0.15, 0.2) is 46.2 Å². The first-order chi connectivity index (χ1) is 11.6. The van der Waals surface area contributed by atoms with Crippen molar-refractivity contribution in [2.75, 3.05) is 11.1 Å². The van der Waals surface area contributed by atoms with E-state index in [9.17, 15) is 13.6 Å². The van der Waals surface area contributed by atoms with Gasteiger partial charge in [0, 0.05) is 11.8 Å². The molecule has 0 aliphatic carbocycles. The molecule has 3 rings (SSSR count). The fourth-order valence-electron chi connectivity index (χ4n) is 1.85. The van der Waals surface area contributed by atoms with E-state index in [1.165, 1.54) is 10.7 Å². The van der Waals surface area contributed by atoms with Crippen LogP contribution >= 0.6 is 11.8 Å². The Bertz CT molecular complexity index is 838. The third kappa shape index (κ3) is 3.96. The lowest BCUT2D eigenvalue weighted by Gasteiger charge is -2.05. The third-order valence-corrected chi connectivity index (χ3v) is 3.88. The lowest BCUT2D eigenvalue weighted by molar-refractivity contribution is -0.113. The number of amides is 1. The molecule has 10 heteroatoms. The van der Waals surface area contributed by atoms with Crippen LogP contribution in [0.2, 0.25) is 0 Å². The maximum absolute atomic E-state index is 13.1. The number of furan rings is 1. The Morgan fingerprint density at radius 1 is 1.29 bits per heavy atom. The number of benzene rings is 1. The molecule has 0 spiro atoms. The van der Waals surface area contributed by atoms with Gasteiger partial charge in [0.25, 0.3) is 0 Å². The molecule has 0 fully saturated rings. The van der Waals surface area contributed by atoms with E-state index in [0.717, 1.165) is 23.9 Å². The monoisotopic (exact) mass is 351 g/mol. The van der Waals surface area contributed by atoms with Gasteiger partial charge in [0.1, 0.15) is 12.3 Å². The molecule has 1 N–H and O–H groups in total. The number of anilines is 1. The molecule has 24 heavy (non-hydrogen) atoms. The highest BCUT2D eigenvalue weighted by molar-refractivity contribution is 7.99. The molecule has 3 aromatic rings. The van der Waals surface area contributed by atoms with Crippen LogP contribution < -0.4 is 5.32 Å². The van der Waals surface area contributed by atoms with E-state index < -0.39 is 17.5 Å². The summed E-state index contributed by atoms with van der Waals surface area (Å²) in [6, 6.07) is 6.68. The summed E-state index contributed by atoms with van der Waals surface area (Å²) in [5.41, 5.74) is 0.176. The molecule has 1 amide bonds. The Balaban J connectivity index is 1.56. The molecule has 0 bridgehead atoms. The summed E-state index contributed by atoms with van der Waals surface area (Å²) in [4.78, 5) is 11.9. The number of thioether (sulfide) groups is 1. The lowest BCUT2D eigenvalue weighted by atomic mass is 10.3. The number of halogens is 2. The van der Waals surface area contributed by atoms with Gasteiger partial charge in [-0.3, -0.25) is 4.79 Å². The summed E-state index contributed by atoms with van der Waals surface area (Å²) in [6.07, 6.45) is 1.54. The van der Waals surface area contributed by atoms with Crippen molar-refractivity contribution in [2.24, 2.45) is 0 Å². The van der Waals surface area contributed by atoms with Crippen molar-refractivity contribution in [2.45, 2.75) is 11.7 Å². The Labute approximate surface area is 139 Å². The van der Waals surface area contributed by atoms with Crippen molar-refractivity contribution in [1.29, 1.82) is 0 Å². The van der Waals surface area contributed by atoms with E-state index in [0.29, 0.717) is 17.5 Å². The maximum atomic E-state index is 13.1. The summed E-state index contributed by atoms with van der Waals surface area (Å²) >= 11 is 1.12. The van der Waals surface area contributed by atoms with E-state index in [2.05, 4.69) is 20.8 Å². The Morgan fingerprint density at radius 3 is 2.92 bits per heavy atom. The predicted octanol–water partition coefficient (Wildman–Crippen LogP) is 2.32. The molecule has 0 atom stereocenters. The summed E-state index contributed by atoms with van der Waals surface area (Å²) in [7, 11) is 0. The number of hydrogen-bond donors (Lipinski definition) is 1. The molecule has 0 aliphatic heterocycles. The standard InChI is InChI=1S/C14H11F2N5O2S/c15-11-4-3-9(6-12(11)16)17-13(22)8-24-14-18-19-20-21(14)7-10-2-1-5-23-10/h1-6H,7-8H2,(H,17,22). The maximum Gasteiger partial charge on any atom is 0.234 e. The Hall–Kier alpha value is -2.75. The fraction of sp³-hybridized carbons (Fsp3) is 0.143. The smallest absolute Gasteiger partial charge is 0.234 e. The topological polar surface area (TPSA) is 85.8 Å². The van der Waals surface area contributed by atoms with Gasteiger partial charge in [-0.1, -0.05) is 11.8 Å². The molecule has 0 aliphatic rings. The van der Waals surface area contributed by atoms with Crippen molar-refractivity contribution >= 4 is 23.4 Å². The van der Waals surface area contributed by atoms with Gasteiger partial charge in [0.2, 0.25) is 11.1 Å². The van der Waals surface area contributed by atoms with Gasteiger partial charge in [0.05, 0.1) is 12.0 Å². The zero-order chi connectivity index (χ0) is 16.9. The molecule has 2 aromatic heterocycles. The minimum absolute atomic E-state index is 0.0114. The highest BCUT2D eigenvalue weighted by atomic mass is 32.2. The number of tetrazole rings is 1. The number of carbonyl (C=O) groups is 1. The molecule has 0 saturated heterocycles. The Morgan fingerprint density at radius 2 is 2.17 bits per heavy atom. The van der Waals surface area contributed by atoms with Crippen LogP contribution in [0, 0.1) is 11.6 Å². The second-order valence-electron chi connectivity index (χ2n) is 4.66. The highest BCUT2D eigenvalue weighted by Crippen LogP contribution is 2.17. The molecule has 0 saturated carbocycles. The van der Waals surface area contributed by atoms with Crippen molar-refractivity contribution in [1.82, 2.24) is 20.2 Å². The van der Waals surface area contributed by atoms with Gasteiger partial charge in [-0.05, 0) is 34.7 Å². The molecule has 7 nitrogen and oxygen atoms in total. The van der Waals surface area contributed by atoms with Crippen molar-refractivity contribution in [3.63, 3.8) is 0 Å². The summed E-state index contributed by atoms with van der Waals surface area (Å²) in [5.74, 6) is -1.70. The number of aromatic nitrogens is 4. The van der Waals surface area contributed by atoms with Crippen LogP contribution in [0.1, 0.15) is 5.76 Å². The first-order valence-electron chi connectivity index (χ1n) is 6.78. The SMILES string of the molecule is O=C(CSc1nnnn1Cc1ccco1)Nc1ccc(F)c(F)c1. The van der Waals surface area contributed by atoms with Crippen molar-refractivity contribution in [3.05, 3.63) is 54.0 Å². The zero-order valence-corrected chi connectivity index (χ0v) is 13.0. The molecule has 0 radical (unpaired) electrons. The van der Waals surface area contributed by atoms with Crippen LogP contribution in [-0.2, 0) is 11.3 Å². The summed E-state index contributed by atoms with van der Waals surface area (Å²) < 4.78 is 32.7. The van der Waals surface area contributed by atoms with Gasteiger partial charge in [-0.15, -0.1) is 5.10 Å². The highest BCUT2D eigenvalue weighted by Gasteiger charge is 2.12. The first kappa shape index (κ1) is 16.1. The van der Waals surface area contributed by atoms with E-state index in [1.807, 2.05) is 0 Å². The summed E-state index contributed by atoms with van der Waals surface area (Å²) in [6.45, 7) is 0.340. The fourth-order valence-corrected chi connectivity index (χ4v) is 2.53. The van der Waals surface area contributed by atoms with Gasteiger partial charge in [0.15, 0.2) is 11.6 Å². The number of rotatable bonds is 6. The quantitative estimate of drug-likeness (QED) is 0.686. The van der Waals surface area contributed by atoms with E-state index in [-0.39, 0.29) is 11.4 Å². The van der Waals surface area contributed by atoms with Gasteiger partial charge in [-0.25, -0.2) is 13.5 Å². The second kappa shape index (κ2) is 7.21. The molecular weight excluding hydrogens is 340 g/mol. The average molecular weight is 351 g/mol. The van der Waals surface area contributed by atoms with Crippen LogP contribution in [0.25, 0.3) is 0 Å². The number of carbonyl (C=O) groups excluding carboxylic acids is 1. The average Bonchev–Trinajstić information content (AvgIpc) is 3.21. The number of nitrogens with zero attached hydrogens (tertiary/aromatic N) is 4. The number of hydrogen-bond acceptors (Lipinski definition) is 6. The van der Waals surface area contributed by atoms with Gasteiger partial charge in [-0.2, -0.15) is 0 Å². The van der Waals surface area contributed by atoms with E-state index >= 15 is 0 Å². The largest absolute Gasteiger partial charge is 0.467 e. The lowest BCUT2D eigenvalue weighted by Crippen LogP contribution is -2.15. The Kier molecular flexibility index (Phi) is 4.85. The third-order valence-electron chi connectivity index (χ3n) is 2.92. The minimum atomic E-state index is -1.03. The number of nitrogens with one attached hydrogen (secondary N) is 1. The molecule has 2 heterocycles. The molecule has 124 valence electrons. The molecule has 0 unspecified atom stereocenters. The molecular formula is C14H11F2N5O2S. The minimum Gasteiger partial charge on any atom is -0.467 e. The normalized spacial score (nSPS) is 10.8. The van der Waals surface area contributed by atoms with Gasteiger partial charge < -0.3 is 9.73 Å². The van der Waals surface area contributed by atoms with E-state index in [4.69, 9.17) is 4.42 Å². The van der Waals surface area contributed by atoms with Crippen molar-refractivity contribution < 1.29 is 18.0 Å². The second-order valence-corrected chi connectivity index (χ2v) is 5.61. The first-order valence-corrected chi connectivity index (χ1v) is 7.76. The van der Waals surface area contributed by atoms with Crippen LogP contribution in [0.3, 0.4) is 0 Å². The van der Waals surface area contributed by atoms with Crippen LogP contribution in [-0.4, -0.2) is 31.9 Å². The van der Waals surface area contributed by atoms with Crippen molar-refractivity contribution in [3.8, 4) is 0 Å². The van der Waals surface area contributed by atoms with E-state index in [1.54, 1.807) is 18.4 Å². The zero-order valence-electron chi connectivity index (χ0n) is 12.1. The van der Waals surface area contributed by atoms with Crippen LogP contribution in [0.5, 0.6) is 0 Å².